The molecule has 0 aliphatic carbocycles. The molecule has 20 heavy (non-hydrogen) atoms. The number of hydrogen-bond donors (Lipinski definition) is 2. The van der Waals surface area contributed by atoms with Crippen LogP contribution in [0.3, 0.4) is 0 Å². The Bertz CT molecular complexity index is 635. The van der Waals surface area contributed by atoms with E-state index in [9.17, 15) is 13.6 Å². The Morgan fingerprint density at radius 3 is 2.45 bits per heavy atom. The van der Waals surface area contributed by atoms with Crippen LogP contribution in [0, 0.1) is 11.6 Å². The van der Waals surface area contributed by atoms with E-state index in [-0.39, 0.29) is 10.2 Å². The molecule has 1 amide bonds. The van der Waals surface area contributed by atoms with Gasteiger partial charge in [-0.15, -0.1) is 0 Å². The standard InChI is InChI=1S/C14H11BrF2N2O/c15-9-6-12(11(17)7-10(9)16)19-14(20)13(18)8-4-2-1-3-5-8/h1-7,13H,18H2,(H,19,20)/t13-/m1/s1. The van der Waals surface area contributed by atoms with Crippen LogP contribution in [0.15, 0.2) is 46.9 Å². The average molecular weight is 341 g/mol. The molecule has 6 heteroatoms. The minimum Gasteiger partial charge on any atom is -0.322 e. The van der Waals surface area contributed by atoms with Crippen molar-refractivity contribution >= 4 is 27.5 Å². The van der Waals surface area contributed by atoms with Gasteiger partial charge in [0.05, 0.1) is 10.2 Å². The third kappa shape index (κ3) is 3.20. The summed E-state index contributed by atoms with van der Waals surface area (Å²) in [6.45, 7) is 0. The van der Waals surface area contributed by atoms with Crippen molar-refractivity contribution in [2.75, 3.05) is 5.32 Å². The Hall–Kier alpha value is -1.79. The zero-order valence-electron chi connectivity index (χ0n) is 10.2. The van der Waals surface area contributed by atoms with Gasteiger partial charge in [-0.3, -0.25) is 4.79 Å². The SMILES string of the molecule is N[C@@H](C(=O)Nc1cc(Br)c(F)cc1F)c1ccccc1. The lowest BCUT2D eigenvalue weighted by Crippen LogP contribution is -2.28. The zero-order chi connectivity index (χ0) is 14.7. The van der Waals surface area contributed by atoms with E-state index in [0.29, 0.717) is 11.6 Å². The first-order chi connectivity index (χ1) is 9.49. The Morgan fingerprint density at radius 2 is 1.80 bits per heavy atom. The molecule has 1 atom stereocenters. The second kappa shape index (κ2) is 6.11. The molecule has 3 N–H and O–H groups in total. The lowest BCUT2D eigenvalue weighted by Gasteiger charge is -2.13. The van der Waals surface area contributed by atoms with Crippen molar-refractivity contribution < 1.29 is 13.6 Å². The summed E-state index contributed by atoms with van der Waals surface area (Å²) in [4.78, 5) is 11.9. The van der Waals surface area contributed by atoms with Crippen molar-refractivity contribution in [3.8, 4) is 0 Å². The van der Waals surface area contributed by atoms with E-state index < -0.39 is 23.6 Å². The molecule has 0 aromatic heterocycles. The molecule has 0 saturated heterocycles. The van der Waals surface area contributed by atoms with Gasteiger partial charge in [-0.2, -0.15) is 0 Å². The summed E-state index contributed by atoms with van der Waals surface area (Å²) < 4.78 is 26.7. The number of hydrogen-bond acceptors (Lipinski definition) is 2. The normalized spacial score (nSPS) is 12.0. The van der Waals surface area contributed by atoms with Crippen LogP contribution in [0.5, 0.6) is 0 Å². The molecule has 0 radical (unpaired) electrons. The number of anilines is 1. The van der Waals surface area contributed by atoms with Gasteiger partial charge in [-0.1, -0.05) is 30.3 Å². The molecule has 2 aromatic carbocycles. The number of amides is 1. The second-order valence-electron chi connectivity index (χ2n) is 4.12. The molecular formula is C14H11BrF2N2O. The molecule has 0 aliphatic heterocycles. The molecule has 3 nitrogen and oxygen atoms in total. The predicted molar refractivity (Wildman–Crippen MR) is 76.1 cm³/mol. The number of halogens is 3. The topological polar surface area (TPSA) is 55.1 Å². The fraction of sp³-hybridized carbons (Fsp3) is 0.0714. The molecule has 0 saturated carbocycles. The molecule has 2 rings (SSSR count). The monoisotopic (exact) mass is 340 g/mol. The predicted octanol–water partition coefficient (Wildman–Crippen LogP) is 3.37. The first-order valence-electron chi connectivity index (χ1n) is 5.75. The molecule has 0 aliphatic rings. The van der Waals surface area contributed by atoms with Gasteiger partial charge in [-0.25, -0.2) is 8.78 Å². The van der Waals surface area contributed by atoms with Crippen molar-refractivity contribution in [1.29, 1.82) is 0 Å². The fourth-order valence-corrected chi connectivity index (χ4v) is 1.98. The maximum Gasteiger partial charge on any atom is 0.245 e. The maximum absolute atomic E-state index is 13.5. The minimum absolute atomic E-state index is 0.0579. The van der Waals surface area contributed by atoms with E-state index >= 15 is 0 Å². The Kier molecular flexibility index (Phi) is 4.46. The largest absolute Gasteiger partial charge is 0.322 e. The molecular weight excluding hydrogens is 330 g/mol. The molecule has 0 bridgehead atoms. The molecule has 0 heterocycles. The van der Waals surface area contributed by atoms with Gasteiger partial charge in [-0.05, 0) is 27.6 Å². The first kappa shape index (κ1) is 14.6. The van der Waals surface area contributed by atoms with E-state index in [1.54, 1.807) is 30.3 Å². The van der Waals surface area contributed by atoms with Gasteiger partial charge in [0.25, 0.3) is 0 Å². The lowest BCUT2D eigenvalue weighted by molar-refractivity contribution is -0.117. The summed E-state index contributed by atoms with van der Waals surface area (Å²) in [5.74, 6) is -2.18. The summed E-state index contributed by atoms with van der Waals surface area (Å²) >= 11 is 2.93. The Labute approximate surface area is 122 Å². The number of benzene rings is 2. The average Bonchev–Trinajstić information content (AvgIpc) is 2.44. The van der Waals surface area contributed by atoms with E-state index in [1.807, 2.05) is 0 Å². The van der Waals surface area contributed by atoms with Crippen molar-refractivity contribution in [3.05, 3.63) is 64.1 Å². The Morgan fingerprint density at radius 1 is 1.15 bits per heavy atom. The van der Waals surface area contributed by atoms with Crippen LogP contribution in [-0.4, -0.2) is 5.91 Å². The van der Waals surface area contributed by atoms with Gasteiger partial charge in [0.1, 0.15) is 17.7 Å². The first-order valence-corrected chi connectivity index (χ1v) is 6.54. The number of rotatable bonds is 3. The Balaban J connectivity index is 2.18. The lowest BCUT2D eigenvalue weighted by atomic mass is 10.1. The summed E-state index contributed by atoms with van der Waals surface area (Å²) in [5, 5.41) is 2.34. The van der Waals surface area contributed by atoms with Crippen molar-refractivity contribution in [3.63, 3.8) is 0 Å². The highest BCUT2D eigenvalue weighted by molar-refractivity contribution is 9.10. The molecule has 0 fully saturated rings. The molecule has 0 unspecified atom stereocenters. The van der Waals surface area contributed by atoms with Gasteiger partial charge in [0.15, 0.2) is 0 Å². The number of nitrogens with two attached hydrogens (primary N) is 1. The quantitative estimate of drug-likeness (QED) is 0.841. The molecule has 104 valence electrons. The number of carbonyl (C=O) groups excluding carboxylic acids is 1. The van der Waals surface area contributed by atoms with Crippen LogP contribution >= 0.6 is 15.9 Å². The maximum atomic E-state index is 13.5. The third-order valence-corrected chi connectivity index (χ3v) is 3.32. The molecule has 0 spiro atoms. The van der Waals surface area contributed by atoms with Crippen molar-refractivity contribution in [2.24, 2.45) is 5.73 Å². The van der Waals surface area contributed by atoms with Crippen molar-refractivity contribution in [1.82, 2.24) is 0 Å². The van der Waals surface area contributed by atoms with E-state index in [1.165, 1.54) is 0 Å². The van der Waals surface area contributed by atoms with Gasteiger partial charge in [0, 0.05) is 6.07 Å². The summed E-state index contributed by atoms with van der Waals surface area (Å²) in [6.07, 6.45) is 0. The highest BCUT2D eigenvalue weighted by atomic mass is 79.9. The number of nitrogens with one attached hydrogen (secondary N) is 1. The third-order valence-electron chi connectivity index (χ3n) is 2.71. The van der Waals surface area contributed by atoms with Crippen LogP contribution in [0.1, 0.15) is 11.6 Å². The number of carbonyl (C=O) groups is 1. The molecule has 2 aromatic rings. The van der Waals surface area contributed by atoms with Gasteiger partial charge < -0.3 is 11.1 Å². The van der Waals surface area contributed by atoms with E-state index in [4.69, 9.17) is 5.73 Å². The van der Waals surface area contributed by atoms with E-state index in [0.717, 1.165) is 6.07 Å². The smallest absolute Gasteiger partial charge is 0.245 e. The summed E-state index contributed by atoms with van der Waals surface area (Å²) in [5.41, 5.74) is 6.26. The van der Waals surface area contributed by atoms with Crippen LogP contribution in [0.4, 0.5) is 14.5 Å². The van der Waals surface area contributed by atoms with Gasteiger partial charge >= 0.3 is 0 Å². The van der Waals surface area contributed by atoms with E-state index in [2.05, 4.69) is 21.2 Å². The van der Waals surface area contributed by atoms with Gasteiger partial charge in [0.2, 0.25) is 5.91 Å². The zero-order valence-corrected chi connectivity index (χ0v) is 11.8. The minimum atomic E-state index is -0.931. The summed E-state index contributed by atoms with van der Waals surface area (Å²) in [7, 11) is 0. The highest BCUT2D eigenvalue weighted by Gasteiger charge is 2.18. The van der Waals surface area contributed by atoms with Crippen LogP contribution < -0.4 is 11.1 Å². The fourth-order valence-electron chi connectivity index (χ4n) is 1.64. The van der Waals surface area contributed by atoms with Crippen LogP contribution in [0.25, 0.3) is 0 Å². The van der Waals surface area contributed by atoms with Crippen molar-refractivity contribution in [2.45, 2.75) is 6.04 Å². The summed E-state index contributed by atoms with van der Waals surface area (Å²) in [6, 6.07) is 9.59. The highest BCUT2D eigenvalue weighted by Crippen LogP contribution is 2.24. The van der Waals surface area contributed by atoms with Crippen LogP contribution in [0.2, 0.25) is 0 Å². The second-order valence-corrected chi connectivity index (χ2v) is 4.98. The van der Waals surface area contributed by atoms with Crippen LogP contribution in [-0.2, 0) is 4.79 Å².